The molecule has 0 N–H and O–H groups in total. The molecule has 1 heterocycles. The second-order valence-corrected chi connectivity index (χ2v) is 2.86. The number of carbonyl (C=O) groups is 2. The molecule has 0 amide bonds. The van der Waals surface area contributed by atoms with E-state index >= 15 is 0 Å². The minimum Gasteiger partial charge on any atom is -0.494 e. The first-order valence-corrected chi connectivity index (χ1v) is 4.27. The number of ether oxygens (including phenoxy) is 2. The van der Waals surface area contributed by atoms with Gasteiger partial charge in [-0.05, 0) is 6.08 Å². The maximum Gasteiger partial charge on any atom is 0.204 e. The Balaban J connectivity index is 2.48. The number of carbonyl (C=O) groups excluding carboxylic acids is 2. The average molecular weight is 196 g/mol. The third kappa shape index (κ3) is 2.45. The van der Waals surface area contributed by atoms with Crippen LogP contribution in [0.15, 0.2) is 24.2 Å². The molecule has 14 heavy (non-hydrogen) atoms. The summed E-state index contributed by atoms with van der Waals surface area (Å²) in [6.07, 6.45) is 2.17. The van der Waals surface area contributed by atoms with Crippen LogP contribution in [-0.4, -0.2) is 25.3 Å². The minimum atomic E-state index is -0.408. The number of ketones is 2. The van der Waals surface area contributed by atoms with Crippen LogP contribution in [0.5, 0.6) is 0 Å². The molecule has 0 aromatic heterocycles. The Morgan fingerprint density at radius 3 is 2.86 bits per heavy atom. The first-order valence-electron chi connectivity index (χ1n) is 4.27. The van der Waals surface area contributed by atoms with Crippen LogP contribution in [0.25, 0.3) is 0 Å². The van der Waals surface area contributed by atoms with Crippen molar-refractivity contribution in [2.75, 3.05) is 13.7 Å². The van der Waals surface area contributed by atoms with Gasteiger partial charge in [0.25, 0.3) is 0 Å². The van der Waals surface area contributed by atoms with Crippen LogP contribution in [0.1, 0.15) is 12.8 Å². The van der Waals surface area contributed by atoms with Gasteiger partial charge < -0.3 is 9.47 Å². The van der Waals surface area contributed by atoms with E-state index in [2.05, 4.69) is 11.3 Å². The maximum absolute atomic E-state index is 11.4. The molecule has 1 aliphatic rings. The van der Waals surface area contributed by atoms with Crippen molar-refractivity contribution in [3.05, 3.63) is 24.2 Å². The largest absolute Gasteiger partial charge is 0.494 e. The SMILES string of the molecule is C=C(OC)C(=O)CC(=O)C1=CCCO1. The summed E-state index contributed by atoms with van der Waals surface area (Å²) in [4.78, 5) is 22.6. The van der Waals surface area contributed by atoms with Gasteiger partial charge in [0.15, 0.2) is 11.5 Å². The lowest BCUT2D eigenvalue weighted by atomic mass is 10.1. The molecule has 0 bridgehead atoms. The topological polar surface area (TPSA) is 52.6 Å². The molecule has 1 aliphatic heterocycles. The molecule has 0 radical (unpaired) electrons. The van der Waals surface area contributed by atoms with Crippen LogP contribution in [0, 0.1) is 0 Å². The predicted octanol–water partition coefficient (Wildman–Crippen LogP) is 0.979. The van der Waals surface area contributed by atoms with E-state index in [1.165, 1.54) is 7.11 Å². The third-order valence-corrected chi connectivity index (χ3v) is 1.86. The summed E-state index contributed by atoms with van der Waals surface area (Å²) in [5.74, 6) is -0.446. The Bertz CT molecular complexity index is 301. The van der Waals surface area contributed by atoms with Crippen molar-refractivity contribution in [2.24, 2.45) is 0 Å². The van der Waals surface area contributed by atoms with Crippen molar-refractivity contribution < 1.29 is 19.1 Å². The lowest BCUT2D eigenvalue weighted by Gasteiger charge is -2.03. The molecule has 0 aliphatic carbocycles. The molecule has 0 unspecified atom stereocenters. The highest BCUT2D eigenvalue weighted by molar-refractivity contribution is 6.11. The summed E-state index contributed by atoms with van der Waals surface area (Å²) in [6, 6.07) is 0. The average Bonchev–Trinajstić information content (AvgIpc) is 2.69. The van der Waals surface area contributed by atoms with Crippen molar-refractivity contribution in [1.82, 2.24) is 0 Å². The molecular formula is C10H12O4. The lowest BCUT2D eigenvalue weighted by molar-refractivity contribution is -0.126. The van der Waals surface area contributed by atoms with Crippen LogP contribution < -0.4 is 0 Å². The molecule has 0 aromatic rings. The van der Waals surface area contributed by atoms with E-state index in [0.29, 0.717) is 6.61 Å². The maximum atomic E-state index is 11.4. The van der Waals surface area contributed by atoms with Crippen LogP contribution in [0.3, 0.4) is 0 Å². The minimum absolute atomic E-state index is 0.00283. The van der Waals surface area contributed by atoms with Crippen LogP contribution in [0.4, 0.5) is 0 Å². The summed E-state index contributed by atoms with van der Waals surface area (Å²) in [5.41, 5.74) is 0. The Morgan fingerprint density at radius 2 is 2.36 bits per heavy atom. The van der Waals surface area contributed by atoms with Gasteiger partial charge in [-0.3, -0.25) is 9.59 Å². The Kier molecular flexibility index (Phi) is 3.45. The molecule has 0 fully saturated rings. The van der Waals surface area contributed by atoms with E-state index in [9.17, 15) is 9.59 Å². The summed E-state index contributed by atoms with van der Waals surface area (Å²) in [7, 11) is 1.34. The van der Waals surface area contributed by atoms with Gasteiger partial charge in [-0.25, -0.2) is 0 Å². The molecular weight excluding hydrogens is 184 g/mol. The van der Waals surface area contributed by atoms with E-state index in [4.69, 9.17) is 4.74 Å². The summed E-state index contributed by atoms with van der Waals surface area (Å²) in [5, 5.41) is 0. The molecule has 0 saturated carbocycles. The van der Waals surface area contributed by atoms with Gasteiger partial charge in [-0.1, -0.05) is 6.58 Å². The van der Waals surface area contributed by atoms with Crippen molar-refractivity contribution in [3.63, 3.8) is 0 Å². The van der Waals surface area contributed by atoms with Crippen molar-refractivity contribution >= 4 is 11.6 Å². The number of methoxy groups -OCH3 is 1. The predicted molar refractivity (Wildman–Crippen MR) is 49.4 cm³/mol. The second-order valence-electron chi connectivity index (χ2n) is 2.86. The molecule has 1 rings (SSSR count). The fraction of sp³-hybridized carbons (Fsp3) is 0.400. The van der Waals surface area contributed by atoms with Gasteiger partial charge in [0, 0.05) is 6.42 Å². The van der Waals surface area contributed by atoms with Crippen molar-refractivity contribution in [3.8, 4) is 0 Å². The number of rotatable bonds is 5. The number of allylic oxidation sites excluding steroid dienone is 2. The monoisotopic (exact) mass is 196 g/mol. The van der Waals surface area contributed by atoms with Gasteiger partial charge >= 0.3 is 0 Å². The summed E-state index contributed by atoms with van der Waals surface area (Å²) < 4.78 is 9.64. The smallest absolute Gasteiger partial charge is 0.204 e. The Morgan fingerprint density at radius 1 is 1.64 bits per heavy atom. The molecule has 0 atom stereocenters. The molecule has 76 valence electrons. The molecule has 0 aromatic carbocycles. The van der Waals surface area contributed by atoms with Crippen molar-refractivity contribution in [2.45, 2.75) is 12.8 Å². The number of Topliss-reactive ketones (excluding diaryl/α,β-unsaturated/α-hetero) is 2. The first kappa shape index (κ1) is 10.5. The third-order valence-electron chi connectivity index (χ3n) is 1.86. The van der Waals surface area contributed by atoms with E-state index in [1.54, 1.807) is 6.08 Å². The van der Waals surface area contributed by atoms with Gasteiger partial charge in [0.2, 0.25) is 11.6 Å². The fourth-order valence-electron chi connectivity index (χ4n) is 1.06. The standard InChI is InChI=1S/C10H12O4/c1-7(13-2)8(11)6-9(12)10-4-3-5-14-10/h4H,1,3,5-6H2,2H3. The normalized spacial score (nSPS) is 14.2. The van der Waals surface area contributed by atoms with Crippen LogP contribution >= 0.6 is 0 Å². The molecule has 0 spiro atoms. The highest BCUT2D eigenvalue weighted by Gasteiger charge is 2.19. The van der Waals surface area contributed by atoms with Gasteiger partial charge in [0.1, 0.15) is 0 Å². The van der Waals surface area contributed by atoms with E-state index < -0.39 is 5.78 Å². The second kappa shape index (κ2) is 4.60. The van der Waals surface area contributed by atoms with Gasteiger partial charge in [-0.15, -0.1) is 0 Å². The first-order chi connectivity index (χ1) is 6.65. The Labute approximate surface area is 82.2 Å². The summed E-state index contributed by atoms with van der Waals surface area (Å²) in [6.45, 7) is 3.88. The fourth-order valence-corrected chi connectivity index (χ4v) is 1.06. The zero-order valence-corrected chi connectivity index (χ0v) is 8.04. The molecule has 4 heteroatoms. The highest BCUT2D eigenvalue weighted by atomic mass is 16.5. The number of hydrogen-bond donors (Lipinski definition) is 0. The zero-order chi connectivity index (χ0) is 10.6. The van der Waals surface area contributed by atoms with E-state index in [1.807, 2.05) is 0 Å². The molecule has 4 nitrogen and oxygen atoms in total. The quantitative estimate of drug-likeness (QED) is 0.373. The Hall–Kier alpha value is -1.58. The zero-order valence-electron chi connectivity index (χ0n) is 8.04. The van der Waals surface area contributed by atoms with Crippen molar-refractivity contribution in [1.29, 1.82) is 0 Å². The molecule has 0 saturated heterocycles. The number of hydrogen-bond acceptors (Lipinski definition) is 4. The highest BCUT2D eigenvalue weighted by Crippen LogP contribution is 2.13. The van der Waals surface area contributed by atoms with Crippen LogP contribution in [0.2, 0.25) is 0 Å². The van der Waals surface area contributed by atoms with E-state index in [-0.39, 0.29) is 23.7 Å². The van der Waals surface area contributed by atoms with Gasteiger partial charge in [0.05, 0.1) is 20.1 Å². The summed E-state index contributed by atoms with van der Waals surface area (Å²) >= 11 is 0. The van der Waals surface area contributed by atoms with Gasteiger partial charge in [-0.2, -0.15) is 0 Å². The van der Waals surface area contributed by atoms with Crippen LogP contribution in [-0.2, 0) is 19.1 Å². The lowest BCUT2D eigenvalue weighted by Crippen LogP contribution is -2.12. The van der Waals surface area contributed by atoms with E-state index in [0.717, 1.165) is 6.42 Å².